The second-order valence-electron chi connectivity index (χ2n) is 6.23. The molecule has 1 fully saturated rings. The second kappa shape index (κ2) is 9.93. The van der Waals surface area contributed by atoms with Crippen LogP contribution in [0, 0.1) is 0 Å². The molecule has 0 unspecified atom stereocenters. The smallest absolute Gasteiger partial charge is 0.319 e. The first-order valence-electron chi connectivity index (χ1n) is 9.06. The number of nitrogens with one attached hydrogen (secondary N) is 2. The topological polar surface area (TPSA) is 97.0 Å². The number of nitrogens with zero attached hydrogens (tertiary/aromatic N) is 1. The van der Waals surface area contributed by atoms with Gasteiger partial charge in [-0.25, -0.2) is 13.2 Å². The number of urea groups is 1. The maximum Gasteiger partial charge on any atom is 0.319 e. The molecule has 0 aromatic heterocycles. The van der Waals surface area contributed by atoms with E-state index in [0.717, 1.165) is 0 Å². The third-order valence-corrected chi connectivity index (χ3v) is 6.32. The van der Waals surface area contributed by atoms with Crippen LogP contribution in [0.5, 0.6) is 5.75 Å². The lowest BCUT2D eigenvalue weighted by atomic mass is 10.3. The number of anilines is 1. The van der Waals surface area contributed by atoms with E-state index in [4.69, 9.17) is 21.1 Å². The third kappa shape index (κ3) is 6.07. The highest BCUT2D eigenvalue weighted by Crippen LogP contribution is 2.20. The summed E-state index contributed by atoms with van der Waals surface area (Å²) in [6, 6.07) is 12.7. The van der Waals surface area contributed by atoms with Crippen LogP contribution in [-0.2, 0) is 14.8 Å². The molecular weight excluding hydrogens is 418 g/mol. The van der Waals surface area contributed by atoms with Crippen molar-refractivity contribution >= 4 is 33.3 Å². The summed E-state index contributed by atoms with van der Waals surface area (Å²) in [6.07, 6.45) is 0. The van der Waals surface area contributed by atoms with Crippen molar-refractivity contribution in [2.45, 2.75) is 4.90 Å². The molecule has 2 aromatic rings. The zero-order chi connectivity index (χ0) is 20.7. The Morgan fingerprint density at radius 1 is 1.14 bits per heavy atom. The summed E-state index contributed by atoms with van der Waals surface area (Å²) in [4.78, 5) is 12.1. The number of rotatable bonds is 7. The lowest BCUT2D eigenvalue weighted by molar-refractivity contribution is 0.0730. The van der Waals surface area contributed by atoms with Crippen molar-refractivity contribution in [1.82, 2.24) is 9.62 Å². The van der Waals surface area contributed by atoms with Crippen LogP contribution in [0.1, 0.15) is 0 Å². The lowest BCUT2D eigenvalue weighted by Crippen LogP contribution is -2.40. The highest BCUT2D eigenvalue weighted by atomic mass is 35.5. The number of halogens is 1. The summed E-state index contributed by atoms with van der Waals surface area (Å²) < 4.78 is 37.3. The molecule has 156 valence electrons. The molecule has 1 aliphatic rings. The normalized spacial score (nSPS) is 14.9. The van der Waals surface area contributed by atoms with Crippen LogP contribution in [0.2, 0.25) is 5.02 Å². The number of carbonyl (C=O) groups excluding carboxylic acids is 1. The quantitative estimate of drug-likeness (QED) is 0.646. The Morgan fingerprint density at radius 3 is 2.55 bits per heavy atom. The number of ether oxygens (including phenoxy) is 2. The van der Waals surface area contributed by atoms with Gasteiger partial charge in [-0.2, -0.15) is 4.31 Å². The number of hydrogen-bond donors (Lipinski definition) is 2. The first-order chi connectivity index (χ1) is 13.9. The van der Waals surface area contributed by atoms with Crippen molar-refractivity contribution in [3.63, 3.8) is 0 Å². The molecular formula is C19H22ClN3O5S. The molecule has 0 bridgehead atoms. The van der Waals surface area contributed by atoms with E-state index in [0.29, 0.717) is 42.8 Å². The highest BCUT2D eigenvalue weighted by molar-refractivity contribution is 7.89. The molecule has 2 amide bonds. The van der Waals surface area contributed by atoms with Crippen molar-refractivity contribution < 1.29 is 22.7 Å². The van der Waals surface area contributed by atoms with Gasteiger partial charge >= 0.3 is 6.03 Å². The van der Waals surface area contributed by atoms with E-state index in [-0.39, 0.29) is 24.1 Å². The van der Waals surface area contributed by atoms with Crippen LogP contribution in [-0.4, -0.2) is 58.2 Å². The number of sulfonamides is 1. The molecule has 29 heavy (non-hydrogen) atoms. The second-order valence-corrected chi connectivity index (χ2v) is 8.60. The molecule has 0 atom stereocenters. The van der Waals surface area contributed by atoms with Crippen LogP contribution in [0.15, 0.2) is 53.4 Å². The molecule has 0 spiro atoms. The number of benzene rings is 2. The Bertz CT molecular complexity index is 931. The fourth-order valence-electron chi connectivity index (χ4n) is 2.72. The van der Waals surface area contributed by atoms with Gasteiger partial charge in [0.15, 0.2) is 0 Å². The minimum Gasteiger partial charge on any atom is -0.492 e. The molecule has 0 saturated carbocycles. The van der Waals surface area contributed by atoms with Gasteiger partial charge in [0.2, 0.25) is 10.0 Å². The lowest BCUT2D eigenvalue weighted by Gasteiger charge is -2.26. The predicted octanol–water partition coefficient (Wildman–Crippen LogP) is 2.56. The van der Waals surface area contributed by atoms with Crippen molar-refractivity contribution in [2.75, 3.05) is 44.8 Å². The van der Waals surface area contributed by atoms with Crippen molar-refractivity contribution in [3.8, 4) is 5.75 Å². The maximum absolute atomic E-state index is 12.6. The largest absolute Gasteiger partial charge is 0.492 e. The van der Waals surface area contributed by atoms with Gasteiger partial charge in [-0.15, -0.1) is 0 Å². The van der Waals surface area contributed by atoms with Gasteiger partial charge in [-0.05, 0) is 42.5 Å². The van der Waals surface area contributed by atoms with Gasteiger partial charge in [0, 0.05) is 23.8 Å². The van der Waals surface area contributed by atoms with E-state index in [9.17, 15) is 13.2 Å². The van der Waals surface area contributed by atoms with Gasteiger partial charge in [-0.1, -0.05) is 17.7 Å². The summed E-state index contributed by atoms with van der Waals surface area (Å²) in [5.41, 5.74) is 0.591. The Morgan fingerprint density at radius 2 is 1.86 bits per heavy atom. The zero-order valence-corrected chi connectivity index (χ0v) is 17.2. The molecule has 3 rings (SSSR count). The van der Waals surface area contributed by atoms with Crippen LogP contribution >= 0.6 is 11.6 Å². The van der Waals surface area contributed by atoms with E-state index in [1.807, 2.05) is 0 Å². The van der Waals surface area contributed by atoms with E-state index < -0.39 is 10.0 Å². The molecule has 1 saturated heterocycles. The molecule has 10 heteroatoms. The van der Waals surface area contributed by atoms with Crippen LogP contribution in [0.4, 0.5) is 10.5 Å². The Balaban J connectivity index is 1.43. The summed E-state index contributed by atoms with van der Waals surface area (Å²) in [6.45, 7) is 2.02. The first kappa shape index (κ1) is 21.4. The summed E-state index contributed by atoms with van der Waals surface area (Å²) in [7, 11) is -3.52. The van der Waals surface area contributed by atoms with E-state index in [2.05, 4.69) is 10.6 Å². The fraction of sp³-hybridized carbons (Fsp3) is 0.316. The maximum atomic E-state index is 12.6. The number of hydrogen-bond acceptors (Lipinski definition) is 5. The van der Waals surface area contributed by atoms with Gasteiger partial charge in [0.05, 0.1) is 24.7 Å². The minimum absolute atomic E-state index is 0.214. The molecule has 0 radical (unpaired) electrons. The van der Waals surface area contributed by atoms with Crippen LogP contribution in [0.3, 0.4) is 0 Å². The Kier molecular flexibility index (Phi) is 7.32. The summed E-state index contributed by atoms with van der Waals surface area (Å²) in [5.74, 6) is 0.517. The predicted molar refractivity (Wildman–Crippen MR) is 110 cm³/mol. The van der Waals surface area contributed by atoms with E-state index in [1.54, 1.807) is 36.4 Å². The summed E-state index contributed by atoms with van der Waals surface area (Å²) in [5, 5.41) is 5.87. The van der Waals surface area contributed by atoms with Crippen LogP contribution in [0.25, 0.3) is 0 Å². The first-order valence-corrected chi connectivity index (χ1v) is 10.9. The van der Waals surface area contributed by atoms with Gasteiger partial charge in [0.25, 0.3) is 0 Å². The van der Waals surface area contributed by atoms with E-state index in [1.165, 1.54) is 16.4 Å². The van der Waals surface area contributed by atoms with Gasteiger partial charge in [0.1, 0.15) is 12.4 Å². The molecule has 2 aromatic carbocycles. The molecule has 1 aliphatic heterocycles. The Hall–Kier alpha value is -2.33. The number of morpholine rings is 1. The summed E-state index contributed by atoms with van der Waals surface area (Å²) >= 11 is 5.87. The highest BCUT2D eigenvalue weighted by Gasteiger charge is 2.26. The molecule has 0 aliphatic carbocycles. The Labute approximate surface area is 174 Å². The van der Waals surface area contributed by atoms with Gasteiger partial charge < -0.3 is 20.1 Å². The fourth-order valence-corrected chi connectivity index (χ4v) is 4.32. The van der Waals surface area contributed by atoms with E-state index >= 15 is 0 Å². The molecule has 1 heterocycles. The van der Waals surface area contributed by atoms with Crippen molar-refractivity contribution in [2.24, 2.45) is 0 Å². The monoisotopic (exact) mass is 439 g/mol. The van der Waals surface area contributed by atoms with Crippen molar-refractivity contribution in [3.05, 3.63) is 53.6 Å². The molecule has 2 N–H and O–H groups in total. The zero-order valence-electron chi connectivity index (χ0n) is 15.6. The molecule has 8 nitrogen and oxygen atoms in total. The number of amides is 2. The standard InChI is InChI=1S/C19H22ClN3O5S/c20-15-2-1-3-16(14-15)22-19(24)21-8-11-28-17-4-6-18(7-5-17)29(25,26)23-9-12-27-13-10-23/h1-7,14H,8-13H2,(H2,21,22,24). The number of carbonyl (C=O) groups is 1. The average molecular weight is 440 g/mol. The van der Waals surface area contributed by atoms with Crippen molar-refractivity contribution in [1.29, 1.82) is 0 Å². The SMILES string of the molecule is O=C(NCCOc1ccc(S(=O)(=O)N2CCOCC2)cc1)Nc1cccc(Cl)c1. The van der Waals surface area contributed by atoms with Crippen LogP contribution < -0.4 is 15.4 Å². The average Bonchev–Trinajstić information content (AvgIpc) is 2.72. The minimum atomic E-state index is -3.52. The third-order valence-electron chi connectivity index (χ3n) is 4.17. The van der Waals surface area contributed by atoms with Gasteiger partial charge in [-0.3, -0.25) is 0 Å².